The molecule has 2 aliphatic heterocycles. The minimum atomic E-state index is -0.537. The number of esters is 1. The fraction of sp³-hybridized carbons (Fsp3) is 0.238. The monoisotopic (exact) mass is 399 g/mol. The molecule has 0 N–H and O–H groups in total. The molecule has 0 unspecified atom stereocenters. The number of halogens is 1. The first-order chi connectivity index (χ1) is 13.5. The van der Waals surface area contributed by atoms with Crippen molar-refractivity contribution in [1.29, 1.82) is 0 Å². The van der Waals surface area contributed by atoms with Gasteiger partial charge < -0.3 is 14.2 Å². The van der Waals surface area contributed by atoms with Crippen LogP contribution in [0.4, 0.5) is 0 Å². The lowest BCUT2D eigenvalue weighted by molar-refractivity contribution is -0.145. The molecule has 7 heteroatoms. The number of benzene rings is 2. The van der Waals surface area contributed by atoms with Crippen LogP contribution in [0.3, 0.4) is 0 Å². The highest BCUT2D eigenvalue weighted by Gasteiger charge is 2.32. The van der Waals surface area contributed by atoms with Crippen molar-refractivity contribution in [2.45, 2.75) is 13.0 Å². The molecular formula is C21H18ClNO5. The molecule has 0 aromatic heterocycles. The third-order valence-electron chi connectivity index (χ3n) is 4.59. The highest BCUT2D eigenvalue weighted by molar-refractivity contribution is 6.32. The van der Waals surface area contributed by atoms with Gasteiger partial charge in [-0.25, -0.2) is 0 Å². The third-order valence-corrected chi connectivity index (χ3v) is 4.87. The summed E-state index contributed by atoms with van der Waals surface area (Å²) in [4.78, 5) is 26.1. The van der Waals surface area contributed by atoms with Crippen molar-refractivity contribution in [2.75, 3.05) is 19.8 Å². The number of nitrogens with zero attached hydrogens (tertiary/aromatic N) is 1. The Kier molecular flexibility index (Phi) is 4.96. The van der Waals surface area contributed by atoms with Crippen molar-refractivity contribution in [3.63, 3.8) is 0 Å². The Hall–Kier alpha value is -2.99. The van der Waals surface area contributed by atoms with Crippen LogP contribution < -0.4 is 9.47 Å². The average Bonchev–Trinajstić information content (AvgIpc) is 2.86. The van der Waals surface area contributed by atoms with Gasteiger partial charge >= 0.3 is 5.97 Å². The van der Waals surface area contributed by atoms with Gasteiger partial charge in [0.1, 0.15) is 13.2 Å². The molecule has 2 aromatic rings. The van der Waals surface area contributed by atoms with E-state index in [9.17, 15) is 9.59 Å². The minimum Gasteiger partial charge on any atom is -0.489 e. The van der Waals surface area contributed by atoms with Gasteiger partial charge in [0, 0.05) is 23.2 Å². The molecule has 0 radical (unpaired) electrons. The molecular weight excluding hydrogens is 382 g/mol. The fourth-order valence-electron chi connectivity index (χ4n) is 3.21. The molecule has 2 heterocycles. The molecule has 0 spiro atoms. The first-order valence-electron chi connectivity index (χ1n) is 8.88. The Bertz CT molecular complexity index is 936. The number of fused-ring (bicyclic) bond motifs is 2. The Morgan fingerprint density at radius 2 is 1.93 bits per heavy atom. The summed E-state index contributed by atoms with van der Waals surface area (Å²) in [5, 5.41) is 0.406. The molecule has 2 aromatic carbocycles. The first kappa shape index (κ1) is 18.4. The zero-order valence-corrected chi connectivity index (χ0v) is 15.8. The summed E-state index contributed by atoms with van der Waals surface area (Å²) in [6, 6.07) is 10.6. The van der Waals surface area contributed by atoms with E-state index in [0.29, 0.717) is 46.6 Å². The molecule has 0 fully saturated rings. The van der Waals surface area contributed by atoms with Gasteiger partial charge in [0.2, 0.25) is 0 Å². The zero-order chi connectivity index (χ0) is 19.7. The minimum absolute atomic E-state index is 0.0106. The number of rotatable bonds is 4. The highest BCUT2D eigenvalue weighted by Crippen LogP contribution is 2.38. The second kappa shape index (κ2) is 7.56. The number of hydrogen-bond donors (Lipinski definition) is 0. The van der Waals surface area contributed by atoms with Crippen molar-refractivity contribution in [1.82, 2.24) is 4.90 Å². The van der Waals surface area contributed by atoms with E-state index in [-0.39, 0.29) is 19.1 Å². The van der Waals surface area contributed by atoms with Crippen LogP contribution in [0, 0.1) is 0 Å². The van der Waals surface area contributed by atoms with Crippen LogP contribution in [0.2, 0.25) is 5.02 Å². The SMILES string of the molecule is C=C1c2ccccc2C(=O)N1CC(=O)OCc1cc(Cl)c2c(c1)OCCCO2. The second-order valence-electron chi connectivity index (χ2n) is 6.50. The van der Waals surface area contributed by atoms with Gasteiger partial charge in [0.15, 0.2) is 11.5 Å². The van der Waals surface area contributed by atoms with Crippen molar-refractivity contribution in [3.8, 4) is 11.5 Å². The summed E-state index contributed by atoms with van der Waals surface area (Å²) in [6.07, 6.45) is 0.769. The summed E-state index contributed by atoms with van der Waals surface area (Å²) >= 11 is 6.25. The summed E-state index contributed by atoms with van der Waals surface area (Å²) in [7, 11) is 0. The van der Waals surface area contributed by atoms with Crippen molar-refractivity contribution >= 4 is 29.2 Å². The highest BCUT2D eigenvalue weighted by atomic mass is 35.5. The lowest BCUT2D eigenvalue weighted by Gasteiger charge is -2.17. The van der Waals surface area contributed by atoms with Crippen molar-refractivity contribution in [2.24, 2.45) is 0 Å². The molecule has 28 heavy (non-hydrogen) atoms. The number of hydrogen-bond acceptors (Lipinski definition) is 5. The van der Waals surface area contributed by atoms with Gasteiger partial charge in [-0.1, -0.05) is 36.4 Å². The van der Waals surface area contributed by atoms with E-state index >= 15 is 0 Å². The summed E-state index contributed by atoms with van der Waals surface area (Å²) in [5.74, 6) is 0.252. The molecule has 0 saturated carbocycles. The summed E-state index contributed by atoms with van der Waals surface area (Å²) in [6.45, 7) is 4.80. The predicted molar refractivity (Wildman–Crippen MR) is 103 cm³/mol. The number of carbonyl (C=O) groups is 2. The first-order valence-corrected chi connectivity index (χ1v) is 9.26. The van der Waals surface area contributed by atoms with Crippen LogP contribution in [0.5, 0.6) is 11.5 Å². The molecule has 6 nitrogen and oxygen atoms in total. The van der Waals surface area contributed by atoms with Crippen LogP contribution >= 0.6 is 11.6 Å². The van der Waals surface area contributed by atoms with Gasteiger partial charge in [0.25, 0.3) is 5.91 Å². The fourth-order valence-corrected chi connectivity index (χ4v) is 3.50. The maximum atomic E-state index is 12.5. The maximum Gasteiger partial charge on any atom is 0.326 e. The molecule has 2 aliphatic rings. The van der Waals surface area contributed by atoms with Crippen molar-refractivity contribution in [3.05, 3.63) is 64.7 Å². The third kappa shape index (κ3) is 3.43. The number of amides is 1. The number of carbonyl (C=O) groups excluding carboxylic acids is 2. The summed E-state index contributed by atoms with van der Waals surface area (Å²) in [5.41, 5.74) is 2.44. The Labute approximate surface area is 167 Å². The normalized spacial score (nSPS) is 15.2. The Morgan fingerprint density at radius 1 is 1.18 bits per heavy atom. The van der Waals surface area contributed by atoms with Crippen LogP contribution in [-0.4, -0.2) is 36.5 Å². The quantitative estimate of drug-likeness (QED) is 0.734. The lowest BCUT2D eigenvalue weighted by Crippen LogP contribution is -2.30. The Balaban J connectivity index is 1.41. The van der Waals surface area contributed by atoms with E-state index in [1.54, 1.807) is 30.3 Å². The molecule has 0 saturated heterocycles. The molecule has 144 valence electrons. The Morgan fingerprint density at radius 3 is 2.71 bits per heavy atom. The van der Waals surface area contributed by atoms with Gasteiger partial charge in [0.05, 0.1) is 18.2 Å². The van der Waals surface area contributed by atoms with E-state index < -0.39 is 5.97 Å². The predicted octanol–water partition coefficient (Wildman–Crippen LogP) is 3.67. The average molecular weight is 400 g/mol. The molecule has 1 amide bonds. The van der Waals surface area contributed by atoms with Gasteiger partial charge in [-0.15, -0.1) is 0 Å². The van der Waals surface area contributed by atoms with E-state index in [4.69, 9.17) is 25.8 Å². The number of ether oxygens (including phenoxy) is 3. The van der Waals surface area contributed by atoms with E-state index in [1.165, 1.54) is 4.90 Å². The van der Waals surface area contributed by atoms with Crippen LogP contribution in [0.1, 0.15) is 27.9 Å². The smallest absolute Gasteiger partial charge is 0.326 e. The van der Waals surface area contributed by atoms with E-state index in [0.717, 1.165) is 12.0 Å². The van der Waals surface area contributed by atoms with E-state index in [2.05, 4.69) is 6.58 Å². The molecule has 0 bridgehead atoms. The molecule has 4 rings (SSSR count). The largest absolute Gasteiger partial charge is 0.489 e. The van der Waals surface area contributed by atoms with Gasteiger partial charge in [-0.2, -0.15) is 0 Å². The van der Waals surface area contributed by atoms with Gasteiger partial charge in [-0.3, -0.25) is 14.5 Å². The maximum absolute atomic E-state index is 12.5. The van der Waals surface area contributed by atoms with Gasteiger partial charge in [-0.05, 0) is 23.8 Å². The molecule has 0 aliphatic carbocycles. The standard InChI is InChI=1S/C21H18ClNO5/c1-13-15-5-2-3-6-16(15)21(25)23(13)11-19(24)28-12-14-9-17(22)20-18(10-14)26-7-4-8-27-20/h2-3,5-6,9-10H,1,4,7-8,11-12H2. The lowest BCUT2D eigenvalue weighted by atomic mass is 10.1. The van der Waals surface area contributed by atoms with Crippen molar-refractivity contribution < 1.29 is 23.8 Å². The molecule has 0 atom stereocenters. The zero-order valence-electron chi connectivity index (χ0n) is 15.1. The van der Waals surface area contributed by atoms with Crippen LogP contribution in [0.25, 0.3) is 5.70 Å². The summed E-state index contributed by atoms with van der Waals surface area (Å²) < 4.78 is 16.6. The topological polar surface area (TPSA) is 65.1 Å². The van der Waals surface area contributed by atoms with E-state index in [1.807, 2.05) is 6.07 Å². The van der Waals surface area contributed by atoms with Crippen LogP contribution in [-0.2, 0) is 16.1 Å². The second-order valence-corrected chi connectivity index (χ2v) is 6.91. The van der Waals surface area contributed by atoms with Crippen LogP contribution in [0.15, 0.2) is 43.0 Å².